The number of nitrogens with zero attached hydrogens (tertiary/aromatic N) is 1. The number of halogens is 3. The molecule has 0 fully saturated rings. The van der Waals surface area contributed by atoms with Crippen LogP contribution in [0.4, 0.5) is 8.78 Å². The van der Waals surface area contributed by atoms with E-state index in [0.29, 0.717) is 0 Å². The minimum atomic E-state index is -0.531. The van der Waals surface area contributed by atoms with Crippen molar-refractivity contribution in [1.29, 1.82) is 0 Å². The molecule has 1 aromatic carbocycles. The van der Waals surface area contributed by atoms with Gasteiger partial charge in [0.15, 0.2) is 0 Å². The molecule has 0 radical (unpaired) electrons. The highest BCUT2D eigenvalue weighted by atomic mass is 79.9. The molecule has 114 valence electrons. The Balaban J connectivity index is 2.37. The van der Waals surface area contributed by atoms with Crippen LogP contribution < -0.4 is 5.32 Å². The van der Waals surface area contributed by atoms with Crippen LogP contribution in [0.1, 0.15) is 34.1 Å². The van der Waals surface area contributed by atoms with E-state index in [4.69, 9.17) is 0 Å². The molecule has 1 atom stereocenters. The Bertz CT molecular complexity index is 643. The van der Waals surface area contributed by atoms with Crippen molar-refractivity contribution in [2.24, 2.45) is 0 Å². The summed E-state index contributed by atoms with van der Waals surface area (Å²) >= 11 is 4.68. The van der Waals surface area contributed by atoms with Crippen LogP contribution in [0.2, 0.25) is 0 Å². The van der Waals surface area contributed by atoms with Crippen molar-refractivity contribution < 1.29 is 8.78 Å². The standard InChI is InChI=1S/C15H17BrF2N2S/c1-4-19-13(15-8(2)20-9(3)21-15)7-10-12(17)6-5-11(16)14(10)18/h5-6,13,19H,4,7H2,1-3H3. The van der Waals surface area contributed by atoms with Gasteiger partial charge in [-0.05, 0) is 54.9 Å². The van der Waals surface area contributed by atoms with E-state index in [9.17, 15) is 8.78 Å². The van der Waals surface area contributed by atoms with E-state index >= 15 is 0 Å². The van der Waals surface area contributed by atoms with E-state index in [-0.39, 0.29) is 22.5 Å². The molecule has 1 N–H and O–H groups in total. The number of aromatic nitrogens is 1. The maximum absolute atomic E-state index is 14.2. The van der Waals surface area contributed by atoms with Gasteiger partial charge >= 0.3 is 0 Å². The molecule has 0 aliphatic rings. The van der Waals surface area contributed by atoms with Crippen LogP contribution in [0.15, 0.2) is 16.6 Å². The van der Waals surface area contributed by atoms with Gasteiger partial charge in [-0.1, -0.05) is 6.92 Å². The zero-order chi connectivity index (χ0) is 15.6. The van der Waals surface area contributed by atoms with Gasteiger partial charge in [0.1, 0.15) is 11.6 Å². The van der Waals surface area contributed by atoms with Gasteiger partial charge in [-0.25, -0.2) is 13.8 Å². The van der Waals surface area contributed by atoms with E-state index < -0.39 is 11.6 Å². The molecule has 0 aliphatic carbocycles. The Morgan fingerprint density at radius 2 is 2.05 bits per heavy atom. The SMILES string of the molecule is CCNC(Cc1c(F)ccc(Br)c1F)c1sc(C)nc1C. The lowest BCUT2D eigenvalue weighted by Crippen LogP contribution is -2.23. The van der Waals surface area contributed by atoms with Gasteiger partial charge in [-0.2, -0.15) is 0 Å². The smallest absolute Gasteiger partial charge is 0.143 e. The van der Waals surface area contributed by atoms with Crippen LogP contribution in [0, 0.1) is 25.5 Å². The molecule has 1 heterocycles. The molecule has 2 nitrogen and oxygen atoms in total. The minimum absolute atomic E-state index is 0.0979. The summed E-state index contributed by atoms with van der Waals surface area (Å²) in [5, 5.41) is 4.26. The fourth-order valence-electron chi connectivity index (χ4n) is 2.33. The number of thiazole rings is 1. The Kier molecular flexibility index (Phi) is 5.46. The Morgan fingerprint density at radius 3 is 2.62 bits per heavy atom. The first-order valence-electron chi connectivity index (χ1n) is 6.73. The molecule has 0 saturated carbocycles. The highest BCUT2D eigenvalue weighted by Gasteiger charge is 2.22. The Labute approximate surface area is 135 Å². The lowest BCUT2D eigenvalue weighted by atomic mass is 10.0. The van der Waals surface area contributed by atoms with E-state index in [1.54, 1.807) is 11.3 Å². The summed E-state index contributed by atoms with van der Waals surface area (Å²) in [7, 11) is 0. The summed E-state index contributed by atoms with van der Waals surface area (Å²) in [5.74, 6) is -1.05. The number of benzene rings is 1. The average Bonchev–Trinajstić information content (AvgIpc) is 2.77. The maximum Gasteiger partial charge on any atom is 0.143 e. The second kappa shape index (κ2) is 6.94. The number of likely N-dealkylation sites (N-methyl/N-ethyl adjacent to an activating group) is 1. The van der Waals surface area contributed by atoms with Crippen molar-refractivity contribution in [3.8, 4) is 0 Å². The molecule has 21 heavy (non-hydrogen) atoms. The predicted molar refractivity (Wildman–Crippen MR) is 85.8 cm³/mol. The van der Waals surface area contributed by atoms with Gasteiger partial charge in [-0.3, -0.25) is 0 Å². The highest BCUT2D eigenvalue weighted by Crippen LogP contribution is 2.30. The molecular formula is C15H17BrF2N2S. The van der Waals surface area contributed by atoms with Crippen molar-refractivity contribution in [2.45, 2.75) is 33.2 Å². The van der Waals surface area contributed by atoms with Crippen LogP contribution in [0.25, 0.3) is 0 Å². The van der Waals surface area contributed by atoms with E-state index in [1.807, 2.05) is 20.8 Å². The van der Waals surface area contributed by atoms with Gasteiger partial charge in [-0.15, -0.1) is 11.3 Å². The van der Waals surface area contributed by atoms with E-state index in [1.165, 1.54) is 12.1 Å². The summed E-state index contributed by atoms with van der Waals surface area (Å²) in [6.45, 7) is 6.56. The summed E-state index contributed by atoms with van der Waals surface area (Å²) in [4.78, 5) is 5.44. The van der Waals surface area contributed by atoms with E-state index in [2.05, 4.69) is 26.2 Å². The predicted octanol–water partition coefficient (Wildman–Crippen LogP) is 4.69. The summed E-state index contributed by atoms with van der Waals surface area (Å²) in [6, 6.07) is 2.54. The van der Waals surface area contributed by atoms with Crippen molar-refractivity contribution in [2.75, 3.05) is 6.54 Å². The molecule has 1 aromatic heterocycles. The van der Waals surface area contributed by atoms with Gasteiger partial charge in [0.05, 0.1) is 15.2 Å². The van der Waals surface area contributed by atoms with Crippen LogP contribution in [0.3, 0.4) is 0 Å². The third-order valence-corrected chi connectivity index (χ3v) is 5.05. The average molecular weight is 375 g/mol. The fraction of sp³-hybridized carbons (Fsp3) is 0.400. The third kappa shape index (κ3) is 3.67. The number of hydrogen-bond acceptors (Lipinski definition) is 3. The molecule has 0 aliphatic heterocycles. The molecule has 0 spiro atoms. The van der Waals surface area contributed by atoms with Crippen molar-refractivity contribution in [3.05, 3.63) is 49.4 Å². The molecule has 2 aromatic rings. The van der Waals surface area contributed by atoms with Crippen LogP contribution >= 0.6 is 27.3 Å². The number of nitrogens with one attached hydrogen (secondary N) is 1. The first-order chi connectivity index (χ1) is 9.93. The first-order valence-corrected chi connectivity index (χ1v) is 8.34. The van der Waals surface area contributed by atoms with Gasteiger partial charge < -0.3 is 5.32 Å². The molecule has 0 saturated heterocycles. The molecule has 0 bridgehead atoms. The largest absolute Gasteiger partial charge is 0.309 e. The van der Waals surface area contributed by atoms with Crippen LogP contribution in [0.5, 0.6) is 0 Å². The van der Waals surface area contributed by atoms with Crippen LogP contribution in [-0.2, 0) is 6.42 Å². The summed E-state index contributed by atoms with van der Waals surface area (Å²) in [6.07, 6.45) is 0.257. The molecule has 6 heteroatoms. The molecule has 0 amide bonds. The first kappa shape index (κ1) is 16.5. The Hall–Kier alpha value is -0.850. The summed E-state index contributed by atoms with van der Waals surface area (Å²) < 4.78 is 28.4. The normalized spacial score (nSPS) is 12.7. The topological polar surface area (TPSA) is 24.9 Å². The third-order valence-electron chi connectivity index (χ3n) is 3.25. The van der Waals surface area contributed by atoms with Crippen LogP contribution in [-0.4, -0.2) is 11.5 Å². The fourth-order valence-corrected chi connectivity index (χ4v) is 3.71. The lowest BCUT2D eigenvalue weighted by molar-refractivity contribution is 0.500. The monoisotopic (exact) mass is 374 g/mol. The quantitative estimate of drug-likeness (QED) is 0.767. The lowest BCUT2D eigenvalue weighted by Gasteiger charge is -2.18. The summed E-state index contributed by atoms with van der Waals surface area (Å²) in [5.41, 5.74) is 1.01. The number of hydrogen-bond donors (Lipinski definition) is 1. The Morgan fingerprint density at radius 1 is 1.33 bits per heavy atom. The zero-order valence-corrected chi connectivity index (χ0v) is 14.5. The van der Waals surface area contributed by atoms with E-state index in [0.717, 1.165) is 22.1 Å². The minimum Gasteiger partial charge on any atom is -0.309 e. The van der Waals surface area contributed by atoms with Gasteiger partial charge in [0.25, 0.3) is 0 Å². The van der Waals surface area contributed by atoms with Gasteiger partial charge in [0, 0.05) is 16.5 Å². The maximum atomic E-state index is 14.2. The highest BCUT2D eigenvalue weighted by molar-refractivity contribution is 9.10. The number of aryl methyl sites for hydroxylation is 2. The molecule has 2 rings (SSSR count). The van der Waals surface area contributed by atoms with Crippen molar-refractivity contribution in [3.63, 3.8) is 0 Å². The second-order valence-electron chi connectivity index (χ2n) is 4.82. The molecule has 1 unspecified atom stereocenters. The number of rotatable bonds is 5. The van der Waals surface area contributed by atoms with Crippen molar-refractivity contribution in [1.82, 2.24) is 10.3 Å². The zero-order valence-electron chi connectivity index (χ0n) is 12.1. The van der Waals surface area contributed by atoms with Gasteiger partial charge in [0.2, 0.25) is 0 Å². The molecular weight excluding hydrogens is 358 g/mol. The van der Waals surface area contributed by atoms with Crippen molar-refractivity contribution >= 4 is 27.3 Å². The second-order valence-corrected chi connectivity index (χ2v) is 6.91.